The predicted octanol–water partition coefficient (Wildman–Crippen LogP) is 3.95. The molecule has 0 fully saturated rings. The summed E-state index contributed by atoms with van der Waals surface area (Å²) in [6.45, 7) is 1.73. The number of nitrogens with zero attached hydrogens (tertiary/aromatic N) is 1. The SMILES string of the molecule is CC(c1cc2ccccc2o1)N(C)S(=O)(=O)c1cccc(F)c1. The van der Waals surface area contributed by atoms with Gasteiger partial charge in [0.2, 0.25) is 10.0 Å². The van der Waals surface area contributed by atoms with Crippen LogP contribution in [0.3, 0.4) is 0 Å². The van der Waals surface area contributed by atoms with Gasteiger partial charge in [0, 0.05) is 12.4 Å². The third-order valence-electron chi connectivity index (χ3n) is 3.87. The first-order valence-electron chi connectivity index (χ1n) is 7.11. The molecule has 0 aliphatic rings. The van der Waals surface area contributed by atoms with Crippen LogP contribution in [0.5, 0.6) is 0 Å². The fourth-order valence-corrected chi connectivity index (χ4v) is 3.75. The fourth-order valence-electron chi connectivity index (χ4n) is 2.39. The number of halogens is 1. The van der Waals surface area contributed by atoms with Gasteiger partial charge in [-0.2, -0.15) is 4.31 Å². The molecule has 0 aliphatic carbocycles. The molecule has 1 atom stereocenters. The molecule has 1 unspecified atom stereocenters. The van der Waals surface area contributed by atoms with Crippen LogP contribution in [0, 0.1) is 5.82 Å². The first-order chi connectivity index (χ1) is 10.9. The molecule has 0 bridgehead atoms. The second-order valence-electron chi connectivity index (χ2n) is 5.34. The normalized spacial score (nSPS) is 13.6. The number of furan rings is 1. The zero-order valence-electron chi connectivity index (χ0n) is 12.7. The van der Waals surface area contributed by atoms with Crippen molar-refractivity contribution >= 4 is 21.0 Å². The highest BCUT2D eigenvalue weighted by molar-refractivity contribution is 7.89. The first-order valence-corrected chi connectivity index (χ1v) is 8.55. The smallest absolute Gasteiger partial charge is 0.243 e. The van der Waals surface area contributed by atoms with Crippen molar-refractivity contribution in [1.82, 2.24) is 4.31 Å². The van der Waals surface area contributed by atoms with Gasteiger partial charge in [0.15, 0.2) is 0 Å². The van der Waals surface area contributed by atoms with Crippen molar-refractivity contribution < 1.29 is 17.2 Å². The summed E-state index contributed by atoms with van der Waals surface area (Å²) in [6, 6.07) is 13.7. The Morgan fingerprint density at radius 3 is 2.52 bits per heavy atom. The molecule has 1 heterocycles. The van der Waals surface area contributed by atoms with Crippen LogP contribution in [0.1, 0.15) is 18.7 Å². The number of sulfonamides is 1. The Balaban J connectivity index is 1.96. The molecule has 120 valence electrons. The van der Waals surface area contributed by atoms with Crippen LogP contribution in [0.15, 0.2) is 63.9 Å². The van der Waals surface area contributed by atoms with E-state index in [0.29, 0.717) is 11.3 Å². The molecule has 2 aromatic carbocycles. The maximum atomic E-state index is 13.3. The molecule has 0 N–H and O–H groups in total. The average Bonchev–Trinajstić information content (AvgIpc) is 2.97. The third-order valence-corrected chi connectivity index (χ3v) is 5.80. The van der Waals surface area contributed by atoms with E-state index < -0.39 is 21.9 Å². The molecule has 6 heteroatoms. The summed E-state index contributed by atoms with van der Waals surface area (Å²) in [4.78, 5) is -0.0806. The van der Waals surface area contributed by atoms with Crippen molar-refractivity contribution in [2.75, 3.05) is 7.05 Å². The summed E-state index contributed by atoms with van der Waals surface area (Å²) in [5.41, 5.74) is 0.700. The second kappa shape index (κ2) is 5.79. The topological polar surface area (TPSA) is 50.5 Å². The van der Waals surface area contributed by atoms with Gasteiger partial charge in [-0.15, -0.1) is 0 Å². The quantitative estimate of drug-likeness (QED) is 0.726. The van der Waals surface area contributed by atoms with Gasteiger partial charge in [-0.3, -0.25) is 0 Å². The number of para-hydroxylation sites is 1. The molecule has 4 nitrogen and oxygen atoms in total. The predicted molar refractivity (Wildman–Crippen MR) is 86.0 cm³/mol. The average molecular weight is 333 g/mol. The number of fused-ring (bicyclic) bond motifs is 1. The van der Waals surface area contributed by atoms with Crippen molar-refractivity contribution in [1.29, 1.82) is 0 Å². The lowest BCUT2D eigenvalue weighted by molar-refractivity contribution is 0.348. The lowest BCUT2D eigenvalue weighted by atomic mass is 10.2. The highest BCUT2D eigenvalue weighted by atomic mass is 32.2. The van der Waals surface area contributed by atoms with Crippen LogP contribution in [0.25, 0.3) is 11.0 Å². The minimum Gasteiger partial charge on any atom is -0.459 e. The van der Waals surface area contributed by atoms with E-state index in [1.807, 2.05) is 30.3 Å². The van der Waals surface area contributed by atoms with Crippen molar-refractivity contribution in [3.05, 3.63) is 66.2 Å². The lowest BCUT2D eigenvalue weighted by Gasteiger charge is -2.22. The van der Waals surface area contributed by atoms with Gasteiger partial charge in [-0.05, 0) is 37.3 Å². The zero-order chi connectivity index (χ0) is 16.6. The highest BCUT2D eigenvalue weighted by Crippen LogP contribution is 2.30. The van der Waals surface area contributed by atoms with Crippen LogP contribution in [0.2, 0.25) is 0 Å². The van der Waals surface area contributed by atoms with E-state index in [-0.39, 0.29) is 4.90 Å². The molecule has 0 saturated heterocycles. The molecule has 3 aromatic rings. The molecule has 0 radical (unpaired) electrons. The lowest BCUT2D eigenvalue weighted by Crippen LogP contribution is -2.29. The van der Waals surface area contributed by atoms with E-state index in [1.165, 1.54) is 29.6 Å². The van der Waals surface area contributed by atoms with Gasteiger partial charge >= 0.3 is 0 Å². The van der Waals surface area contributed by atoms with Gasteiger partial charge in [-0.25, -0.2) is 12.8 Å². The van der Waals surface area contributed by atoms with Crippen molar-refractivity contribution in [2.45, 2.75) is 17.9 Å². The summed E-state index contributed by atoms with van der Waals surface area (Å²) in [7, 11) is -2.36. The van der Waals surface area contributed by atoms with E-state index in [2.05, 4.69) is 0 Å². The Morgan fingerprint density at radius 1 is 1.09 bits per heavy atom. The van der Waals surface area contributed by atoms with Crippen LogP contribution in [-0.2, 0) is 10.0 Å². The Kier molecular flexibility index (Phi) is 3.95. The Bertz CT molecular complexity index is 916. The van der Waals surface area contributed by atoms with Crippen molar-refractivity contribution in [3.8, 4) is 0 Å². The van der Waals surface area contributed by atoms with Crippen LogP contribution < -0.4 is 0 Å². The summed E-state index contributed by atoms with van der Waals surface area (Å²) >= 11 is 0. The van der Waals surface area contributed by atoms with Crippen LogP contribution in [-0.4, -0.2) is 19.8 Å². The molecule has 23 heavy (non-hydrogen) atoms. The van der Waals surface area contributed by atoms with Gasteiger partial charge in [-0.1, -0.05) is 24.3 Å². The Labute approximate surface area is 134 Å². The minimum absolute atomic E-state index is 0.0806. The Morgan fingerprint density at radius 2 is 1.83 bits per heavy atom. The largest absolute Gasteiger partial charge is 0.459 e. The van der Waals surface area contributed by atoms with E-state index in [0.717, 1.165) is 11.5 Å². The maximum absolute atomic E-state index is 13.3. The highest BCUT2D eigenvalue weighted by Gasteiger charge is 2.28. The standard InChI is InChI=1S/C17H16FNO3S/c1-12(17-10-13-6-3-4-9-16(13)22-17)19(2)23(20,21)15-8-5-7-14(18)11-15/h3-12H,1-2H3. The van der Waals surface area contributed by atoms with Crippen molar-refractivity contribution in [2.24, 2.45) is 0 Å². The molecular formula is C17H16FNO3S. The van der Waals surface area contributed by atoms with Gasteiger partial charge in [0.1, 0.15) is 17.2 Å². The molecule has 0 saturated carbocycles. The van der Waals surface area contributed by atoms with Crippen molar-refractivity contribution in [3.63, 3.8) is 0 Å². The molecule has 3 rings (SSSR count). The number of benzene rings is 2. The van der Waals surface area contributed by atoms with Gasteiger partial charge in [0.05, 0.1) is 10.9 Å². The molecule has 0 aliphatic heterocycles. The molecular weight excluding hydrogens is 317 g/mol. The van der Waals surface area contributed by atoms with Gasteiger partial charge < -0.3 is 4.42 Å². The summed E-state index contributed by atoms with van der Waals surface area (Å²) in [5.74, 6) is -0.0513. The summed E-state index contributed by atoms with van der Waals surface area (Å²) in [6.07, 6.45) is 0. The van der Waals surface area contributed by atoms with Crippen LogP contribution in [0.4, 0.5) is 4.39 Å². The summed E-state index contributed by atoms with van der Waals surface area (Å²) < 4.78 is 45.5. The number of hydrogen-bond acceptors (Lipinski definition) is 3. The summed E-state index contributed by atoms with van der Waals surface area (Å²) in [5, 5.41) is 0.908. The van der Waals surface area contributed by atoms with E-state index in [1.54, 1.807) is 6.92 Å². The zero-order valence-corrected chi connectivity index (χ0v) is 13.5. The van der Waals surface area contributed by atoms with E-state index >= 15 is 0 Å². The molecule has 0 amide bonds. The first kappa shape index (κ1) is 15.7. The maximum Gasteiger partial charge on any atom is 0.243 e. The Hall–Kier alpha value is -2.18. The molecule has 1 aromatic heterocycles. The third kappa shape index (κ3) is 2.87. The fraction of sp³-hybridized carbons (Fsp3) is 0.176. The number of hydrogen-bond donors (Lipinski definition) is 0. The van der Waals surface area contributed by atoms with E-state index in [9.17, 15) is 12.8 Å². The van der Waals surface area contributed by atoms with Gasteiger partial charge in [0.25, 0.3) is 0 Å². The molecule has 0 spiro atoms. The minimum atomic E-state index is -3.81. The van der Waals surface area contributed by atoms with Crippen LogP contribution >= 0.6 is 0 Å². The van der Waals surface area contributed by atoms with E-state index in [4.69, 9.17) is 4.42 Å². The monoisotopic (exact) mass is 333 g/mol. The number of rotatable bonds is 4. The second-order valence-corrected chi connectivity index (χ2v) is 7.34.